The van der Waals surface area contributed by atoms with E-state index in [0.717, 1.165) is 11.4 Å². The second kappa shape index (κ2) is 7.23. The molecule has 116 valence electrons. The lowest BCUT2D eigenvalue weighted by Crippen LogP contribution is -2.22. The van der Waals surface area contributed by atoms with Crippen LogP contribution in [0.4, 0.5) is 11.6 Å². The molecule has 0 aliphatic rings. The third-order valence-electron chi connectivity index (χ3n) is 2.66. The van der Waals surface area contributed by atoms with Gasteiger partial charge in [-0.05, 0) is 24.3 Å². The van der Waals surface area contributed by atoms with Crippen LogP contribution < -0.4 is 21.3 Å². The lowest BCUT2D eigenvalue weighted by atomic mass is 10.3. The summed E-state index contributed by atoms with van der Waals surface area (Å²) in [4.78, 5) is 22.1. The van der Waals surface area contributed by atoms with Gasteiger partial charge in [0.15, 0.2) is 0 Å². The maximum Gasteiger partial charge on any atom is 0.252 e. The molecule has 4 N–H and O–H groups in total. The minimum Gasteiger partial charge on any atom is -0.497 e. The largest absolute Gasteiger partial charge is 0.497 e. The van der Waals surface area contributed by atoms with Crippen LogP contribution in [0.15, 0.2) is 40.1 Å². The Bertz CT molecular complexity index is 709. The monoisotopic (exact) mass is 303 g/mol. The number of benzene rings is 1. The van der Waals surface area contributed by atoms with E-state index in [-0.39, 0.29) is 24.1 Å². The average Bonchev–Trinajstić information content (AvgIpc) is 2.47. The molecule has 0 spiro atoms. The molecule has 0 amide bonds. The highest BCUT2D eigenvalue weighted by atomic mass is 16.5. The number of rotatable bonds is 5. The number of nitrogens with zero attached hydrogens (tertiary/aromatic N) is 2. The first-order valence-corrected chi connectivity index (χ1v) is 6.45. The van der Waals surface area contributed by atoms with Gasteiger partial charge in [-0.1, -0.05) is 0 Å². The Hall–Kier alpha value is -2.87. The highest BCUT2D eigenvalue weighted by Crippen LogP contribution is 2.14. The molecular weight excluding hydrogens is 286 g/mol. The summed E-state index contributed by atoms with van der Waals surface area (Å²) in [5.41, 5.74) is 6.68. The van der Waals surface area contributed by atoms with E-state index in [0.29, 0.717) is 5.69 Å². The van der Waals surface area contributed by atoms with Crippen molar-refractivity contribution in [3.8, 4) is 5.75 Å². The van der Waals surface area contributed by atoms with Crippen molar-refractivity contribution in [3.63, 3.8) is 0 Å². The summed E-state index contributed by atoms with van der Waals surface area (Å²) >= 11 is 0. The Morgan fingerprint density at radius 3 is 2.73 bits per heavy atom. The van der Waals surface area contributed by atoms with Gasteiger partial charge in [0.05, 0.1) is 19.4 Å². The van der Waals surface area contributed by atoms with Gasteiger partial charge in [-0.3, -0.25) is 9.78 Å². The minimum absolute atomic E-state index is 0.0999. The fraction of sp³-hybridized carbons (Fsp3) is 0.214. The van der Waals surface area contributed by atoms with Crippen LogP contribution in [0.3, 0.4) is 0 Å². The van der Waals surface area contributed by atoms with Crippen LogP contribution in [-0.4, -0.2) is 30.1 Å². The molecule has 0 bridgehead atoms. The molecule has 0 radical (unpaired) electrons. The number of aliphatic imine (C=N–C) groups is 1. The molecule has 22 heavy (non-hydrogen) atoms. The number of hydrogen-bond acceptors (Lipinski definition) is 5. The van der Waals surface area contributed by atoms with Crippen LogP contribution in [-0.2, 0) is 11.3 Å². The van der Waals surface area contributed by atoms with Crippen molar-refractivity contribution in [2.45, 2.75) is 6.61 Å². The maximum atomic E-state index is 11.5. The van der Waals surface area contributed by atoms with Crippen molar-refractivity contribution in [1.29, 1.82) is 0 Å². The highest BCUT2D eigenvalue weighted by Gasteiger charge is 2.02. The summed E-state index contributed by atoms with van der Waals surface area (Å²) in [7, 11) is 3.11. The molecule has 1 aromatic carbocycles. The Morgan fingerprint density at radius 1 is 1.36 bits per heavy atom. The molecule has 0 aliphatic carbocycles. The molecule has 1 aromatic heterocycles. The number of nitrogens with one attached hydrogen (secondary N) is 2. The quantitative estimate of drug-likeness (QED) is 0.560. The van der Waals surface area contributed by atoms with Crippen LogP contribution in [0, 0.1) is 0 Å². The fourth-order valence-electron chi connectivity index (χ4n) is 1.73. The molecule has 0 unspecified atom stereocenters. The fourth-order valence-corrected chi connectivity index (χ4v) is 1.73. The summed E-state index contributed by atoms with van der Waals surface area (Å²) in [6.07, 6.45) is 0. The van der Waals surface area contributed by atoms with Gasteiger partial charge in [0.2, 0.25) is 11.9 Å². The number of H-pyrrole nitrogens is 1. The molecule has 0 fully saturated rings. The molecule has 2 aromatic rings. The van der Waals surface area contributed by atoms with E-state index in [9.17, 15) is 4.79 Å². The smallest absolute Gasteiger partial charge is 0.252 e. The van der Waals surface area contributed by atoms with Crippen LogP contribution in [0.25, 0.3) is 0 Å². The molecule has 0 saturated heterocycles. The summed E-state index contributed by atoms with van der Waals surface area (Å²) in [6.45, 7) is 0.220. The average molecular weight is 303 g/mol. The highest BCUT2D eigenvalue weighted by molar-refractivity contribution is 5.93. The van der Waals surface area contributed by atoms with Gasteiger partial charge in [-0.25, -0.2) is 4.98 Å². The lowest BCUT2D eigenvalue weighted by Gasteiger charge is -2.06. The Morgan fingerprint density at radius 2 is 2.09 bits per heavy atom. The predicted octanol–water partition coefficient (Wildman–Crippen LogP) is 0.983. The SMILES string of the molecule is COCc1cc(=O)[nH]c(/N=C(/N)Nc2ccc(OC)cc2)n1. The number of guanidine groups is 1. The van der Waals surface area contributed by atoms with Crippen LogP contribution in [0.2, 0.25) is 0 Å². The molecule has 0 saturated carbocycles. The lowest BCUT2D eigenvalue weighted by molar-refractivity contribution is 0.181. The van der Waals surface area contributed by atoms with Crippen molar-refractivity contribution < 1.29 is 9.47 Å². The second-order valence-corrected chi connectivity index (χ2v) is 4.34. The number of nitrogens with two attached hydrogens (primary N) is 1. The standard InChI is InChI=1S/C14H17N5O3/c1-21-8-10-7-12(20)18-14(17-10)19-13(15)16-9-3-5-11(22-2)6-4-9/h3-7H,8H2,1-2H3,(H4,15,16,17,18,19,20). The van der Waals surface area contributed by atoms with Crippen molar-refractivity contribution in [1.82, 2.24) is 9.97 Å². The zero-order valence-electron chi connectivity index (χ0n) is 12.3. The summed E-state index contributed by atoms with van der Waals surface area (Å²) in [5, 5.41) is 2.89. The first-order chi connectivity index (χ1) is 10.6. The van der Waals surface area contributed by atoms with Gasteiger partial charge < -0.3 is 20.5 Å². The van der Waals surface area contributed by atoms with Crippen molar-refractivity contribution in [2.24, 2.45) is 10.7 Å². The number of ether oxygens (including phenoxy) is 2. The molecule has 0 atom stereocenters. The number of anilines is 1. The Labute approximate surface area is 127 Å². The zero-order chi connectivity index (χ0) is 15.9. The Kier molecular flexibility index (Phi) is 5.10. The topological polar surface area (TPSA) is 115 Å². The molecule has 2 rings (SSSR count). The van der Waals surface area contributed by atoms with E-state index in [4.69, 9.17) is 15.2 Å². The Balaban J connectivity index is 2.15. The van der Waals surface area contributed by atoms with Gasteiger partial charge in [0, 0.05) is 18.9 Å². The third-order valence-corrected chi connectivity index (χ3v) is 2.66. The second-order valence-electron chi connectivity index (χ2n) is 4.34. The van der Waals surface area contributed by atoms with Gasteiger partial charge >= 0.3 is 0 Å². The van der Waals surface area contributed by atoms with E-state index >= 15 is 0 Å². The van der Waals surface area contributed by atoms with Crippen LogP contribution >= 0.6 is 0 Å². The molecular formula is C14H17N5O3. The van der Waals surface area contributed by atoms with Gasteiger partial charge in [0.1, 0.15) is 5.75 Å². The minimum atomic E-state index is -0.321. The summed E-state index contributed by atoms with van der Waals surface area (Å²) in [6, 6.07) is 8.50. The van der Waals surface area contributed by atoms with Crippen molar-refractivity contribution in [2.75, 3.05) is 19.5 Å². The van der Waals surface area contributed by atoms with Crippen molar-refractivity contribution >= 4 is 17.6 Å². The first kappa shape index (κ1) is 15.5. The number of aromatic amines is 1. The van der Waals surface area contributed by atoms with Gasteiger partial charge in [-0.2, -0.15) is 4.99 Å². The maximum absolute atomic E-state index is 11.5. The van der Waals surface area contributed by atoms with Crippen LogP contribution in [0.1, 0.15) is 5.69 Å². The molecule has 0 aliphatic heterocycles. The predicted molar refractivity (Wildman–Crippen MR) is 83.5 cm³/mol. The first-order valence-electron chi connectivity index (χ1n) is 6.45. The summed E-state index contributed by atoms with van der Waals surface area (Å²) < 4.78 is 10.0. The summed E-state index contributed by atoms with van der Waals surface area (Å²) in [5.74, 6) is 0.945. The molecule has 8 heteroatoms. The van der Waals surface area contributed by atoms with E-state index in [2.05, 4.69) is 20.3 Å². The van der Waals surface area contributed by atoms with E-state index in [1.54, 1.807) is 31.4 Å². The normalized spacial score (nSPS) is 11.3. The van der Waals surface area contributed by atoms with E-state index in [1.165, 1.54) is 13.2 Å². The molecule has 8 nitrogen and oxygen atoms in total. The third kappa shape index (κ3) is 4.32. The number of hydrogen-bond donors (Lipinski definition) is 3. The van der Waals surface area contributed by atoms with E-state index in [1.807, 2.05) is 0 Å². The number of methoxy groups -OCH3 is 2. The van der Waals surface area contributed by atoms with Gasteiger partial charge in [-0.15, -0.1) is 0 Å². The van der Waals surface area contributed by atoms with Gasteiger partial charge in [0.25, 0.3) is 5.56 Å². The van der Waals surface area contributed by atoms with Crippen molar-refractivity contribution in [3.05, 3.63) is 46.4 Å². The number of aromatic nitrogens is 2. The van der Waals surface area contributed by atoms with E-state index < -0.39 is 0 Å². The van der Waals surface area contributed by atoms with Crippen LogP contribution in [0.5, 0.6) is 5.75 Å². The zero-order valence-corrected chi connectivity index (χ0v) is 12.3. The molecule has 1 heterocycles.